The molecule has 0 atom stereocenters. The molecule has 0 saturated carbocycles. The van der Waals surface area contributed by atoms with Crippen molar-refractivity contribution in [2.24, 2.45) is 0 Å². The molecule has 0 radical (unpaired) electrons. The zero-order valence-corrected chi connectivity index (χ0v) is 16.1. The molecule has 1 saturated heterocycles. The van der Waals surface area contributed by atoms with Crippen LogP contribution in [-0.4, -0.2) is 52.4 Å². The van der Waals surface area contributed by atoms with Gasteiger partial charge in [0.05, 0.1) is 29.2 Å². The number of hydrogen-bond donors (Lipinski definition) is 1. The summed E-state index contributed by atoms with van der Waals surface area (Å²) in [5, 5.41) is 7.64. The van der Waals surface area contributed by atoms with Gasteiger partial charge in [-0.25, -0.2) is 9.48 Å². The number of aromatic nitrogens is 2. The average molecular weight is 370 g/mol. The third kappa shape index (κ3) is 4.13. The molecule has 1 N–H and O–H groups in total. The second kappa shape index (κ2) is 8.24. The Labute approximate surface area is 159 Å². The third-order valence-corrected chi connectivity index (χ3v) is 4.88. The van der Waals surface area contributed by atoms with Crippen LogP contribution in [0, 0.1) is 13.8 Å². The quantitative estimate of drug-likeness (QED) is 0.898. The highest BCUT2D eigenvalue weighted by Gasteiger charge is 2.27. The molecule has 1 aliphatic heterocycles. The van der Waals surface area contributed by atoms with Gasteiger partial charge in [-0.1, -0.05) is 18.2 Å². The molecular formula is C20H26N4O3. The van der Waals surface area contributed by atoms with E-state index in [1.54, 1.807) is 16.5 Å². The third-order valence-electron chi connectivity index (χ3n) is 4.88. The highest BCUT2D eigenvalue weighted by atomic mass is 16.6. The Morgan fingerprint density at radius 1 is 1.19 bits per heavy atom. The van der Waals surface area contributed by atoms with Crippen LogP contribution in [-0.2, 0) is 4.74 Å². The minimum absolute atomic E-state index is 0.0436. The number of piperidine rings is 1. The van der Waals surface area contributed by atoms with E-state index in [9.17, 15) is 9.59 Å². The minimum atomic E-state index is -0.280. The molecule has 1 aromatic carbocycles. The lowest BCUT2D eigenvalue weighted by molar-refractivity contribution is 0.0859. The zero-order chi connectivity index (χ0) is 19.4. The molecule has 27 heavy (non-hydrogen) atoms. The van der Waals surface area contributed by atoms with Crippen LogP contribution in [0.25, 0.3) is 5.69 Å². The average Bonchev–Trinajstić information content (AvgIpc) is 2.97. The van der Waals surface area contributed by atoms with Crippen molar-refractivity contribution in [3.8, 4) is 5.69 Å². The molecular weight excluding hydrogens is 344 g/mol. The molecule has 1 aliphatic rings. The Morgan fingerprint density at radius 2 is 1.85 bits per heavy atom. The van der Waals surface area contributed by atoms with Crippen molar-refractivity contribution in [3.63, 3.8) is 0 Å². The molecule has 2 heterocycles. The molecule has 0 unspecified atom stereocenters. The minimum Gasteiger partial charge on any atom is -0.450 e. The van der Waals surface area contributed by atoms with Crippen LogP contribution >= 0.6 is 0 Å². The van der Waals surface area contributed by atoms with Gasteiger partial charge in [-0.15, -0.1) is 0 Å². The number of para-hydroxylation sites is 1. The van der Waals surface area contributed by atoms with E-state index in [0.717, 1.165) is 24.2 Å². The van der Waals surface area contributed by atoms with Crippen LogP contribution in [0.4, 0.5) is 4.79 Å². The van der Waals surface area contributed by atoms with Crippen molar-refractivity contribution in [1.82, 2.24) is 20.0 Å². The van der Waals surface area contributed by atoms with E-state index in [1.807, 2.05) is 44.2 Å². The van der Waals surface area contributed by atoms with Gasteiger partial charge in [-0.3, -0.25) is 4.79 Å². The number of nitrogens with one attached hydrogen (secondary N) is 1. The lowest BCUT2D eigenvalue weighted by Gasteiger charge is -2.31. The van der Waals surface area contributed by atoms with E-state index < -0.39 is 0 Å². The van der Waals surface area contributed by atoms with Crippen LogP contribution in [0.5, 0.6) is 0 Å². The van der Waals surface area contributed by atoms with Crippen molar-refractivity contribution >= 4 is 12.0 Å². The van der Waals surface area contributed by atoms with Gasteiger partial charge >= 0.3 is 6.09 Å². The van der Waals surface area contributed by atoms with E-state index in [4.69, 9.17) is 4.74 Å². The first kappa shape index (κ1) is 18.9. The van der Waals surface area contributed by atoms with Gasteiger partial charge in [0.25, 0.3) is 5.91 Å². The summed E-state index contributed by atoms with van der Waals surface area (Å²) in [7, 11) is 0. The summed E-state index contributed by atoms with van der Waals surface area (Å²) >= 11 is 0. The molecule has 7 nitrogen and oxygen atoms in total. The summed E-state index contributed by atoms with van der Waals surface area (Å²) in [5.41, 5.74) is 3.07. The van der Waals surface area contributed by atoms with E-state index in [1.165, 1.54) is 0 Å². The van der Waals surface area contributed by atoms with Gasteiger partial charge in [-0.05, 0) is 45.7 Å². The molecule has 144 valence electrons. The predicted molar refractivity (Wildman–Crippen MR) is 102 cm³/mol. The van der Waals surface area contributed by atoms with Crippen LogP contribution in [0.3, 0.4) is 0 Å². The van der Waals surface area contributed by atoms with E-state index in [-0.39, 0.29) is 18.0 Å². The highest BCUT2D eigenvalue weighted by molar-refractivity contribution is 5.96. The Kier molecular flexibility index (Phi) is 5.78. The molecule has 0 spiro atoms. The topological polar surface area (TPSA) is 76.5 Å². The largest absolute Gasteiger partial charge is 0.450 e. The van der Waals surface area contributed by atoms with Gasteiger partial charge in [0.2, 0.25) is 0 Å². The summed E-state index contributed by atoms with van der Waals surface area (Å²) in [6.07, 6.45) is 1.16. The maximum Gasteiger partial charge on any atom is 0.409 e. The Balaban J connectivity index is 1.66. The molecule has 2 amide bonds. The number of amides is 2. The number of ether oxygens (including phenoxy) is 1. The first-order valence-corrected chi connectivity index (χ1v) is 9.35. The van der Waals surface area contributed by atoms with Gasteiger partial charge in [-0.2, -0.15) is 5.10 Å². The van der Waals surface area contributed by atoms with Crippen LogP contribution in [0.15, 0.2) is 30.3 Å². The number of likely N-dealkylation sites (tertiary alicyclic amines) is 1. The number of carbonyl (C=O) groups excluding carboxylic acids is 2. The van der Waals surface area contributed by atoms with Crippen molar-refractivity contribution in [2.45, 2.75) is 39.7 Å². The number of carbonyl (C=O) groups is 2. The first-order chi connectivity index (χ1) is 13.0. The highest BCUT2D eigenvalue weighted by Crippen LogP contribution is 2.19. The van der Waals surface area contributed by atoms with Gasteiger partial charge in [0.15, 0.2) is 0 Å². The lowest BCUT2D eigenvalue weighted by atomic mass is 10.0. The summed E-state index contributed by atoms with van der Waals surface area (Å²) in [4.78, 5) is 26.3. The summed E-state index contributed by atoms with van der Waals surface area (Å²) in [6.45, 7) is 7.11. The lowest BCUT2D eigenvalue weighted by Crippen LogP contribution is -2.46. The maximum absolute atomic E-state index is 12.8. The van der Waals surface area contributed by atoms with Crippen molar-refractivity contribution < 1.29 is 14.3 Å². The normalized spacial score (nSPS) is 14.9. The summed E-state index contributed by atoms with van der Waals surface area (Å²) in [5.74, 6) is -0.109. The van der Waals surface area contributed by atoms with Crippen LogP contribution in [0.2, 0.25) is 0 Å². The van der Waals surface area contributed by atoms with Gasteiger partial charge < -0.3 is 15.0 Å². The molecule has 0 bridgehead atoms. The number of rotatable bonds is 4. The SMILES string of the molecule is CCOC(=O)N1CCC(NC(=O)c2c(C)nn(-c3ccccc3)c2C)CC1. The molecule has 0 aliphatic carbocycles. The van der Waals surface area contributed by atoms with E-state index in [2.05, 4.69) is 10.4 Å². The smallest absolute Gasteiger partial charge is 0.409 e. The van der Waals surface area contributed by atoms with Crippen molar-refractivity contribution in [2.75, 3.05) is 19.7 Å². The molecule has 1 aromatic heterocycles. The number of nitrogens with zero attached hydrogens (tertiary/aromatic N) is 3. The second-order valence-electron chi connectivity index (χ2n) is 6.73. The van der Waals surface area contributed by atoms with Gasteiger partial charge in [0.1, 0.15) is 0 Å². The number of hydrogen-bond acceptors (Lipinski definition) is 4. The molecule has 3 rings (SSSR count). The fourth-order valence-electron chi connectivity index (χ4n) is 3.47. The van der Waals surface area contributed by atoms with E-state index >= 15 is 0 Å². The van der Waals surface area contributed by atoms with Crippen LogP contribution < -0.4 is 5.32 Å². The van der Waals surface area contributed by atoms with Gasteiger partial charge in [0, 0.05) is 19.1 Å². The summed E-state index contributed by atoms with van der Waals surface area (Å²) < 4.78 is 6.83. The monoisotopic (exact) mass is 370 g/mol. The number of aryl methyl sites for hydroxylation is 1. The molecule has 7 heteroatoms. The standard InChI is InChI=1S/C20H26N4O3/c1-4-27-20(26)23-12-10-16(11-13-23)21-19(25)18-14(2)22-24(15(18)3)17-8-6-5-7-9-17/h5-9,16H,4,10-13H2,1-3H3,(H,21,25). The fourth-order valence-corrected chi connectivity index (χ4v) is 3.47. The Morgan fingerprint density at radius 3 is 2.48 bits per heavy atom. The van der Waals surface area contributed by atoms with Crippen molar-refractivity contribution in [1.29, 1.82) is 0 Å². The number of benzene rings is 1. The van der Waals surface area contributed by atoms with E-state index in [0.29, 0.717) is 31.0 Å². The fraction of sp³-hybridized carbons (Fsp3) is 0.450. The predicted octanol–water partition coefficient (Wildman–Crippen LogP) is 2.84. The Hall–Kier alpha value is -2.83. The zero-order valence-electron chi connectivity index (χ0n) is 16.1. The Bertz CT molecular complexity index is 808. The first-order valence-electron chi connectivity index (χ1n) is 9.35. The van der Waals surface area contributed by atoms with Crippen molar-refractivity contribution in [3.05, 3.63) is 47.3 Å². The maximum atomic E-state index is 12.8. The molecule has 2 aromatic rings. The molecule has 1 fully saturated rings. The summed E-state index contributed by atoms with van der Waals surface area (Å²) in [6, 6.07) is 9.82. The van der Waals surface area contributed by atoms with Crippen LogP contribution in [0.1, 0.15) is 41.5 Å². The second-order valence-corrected chi connectivity index (χ2v) is 6.73.